The molecule has 0 bridgehead atoms. The third kappa shape index (κ3) is 3.86. The summed E-state index contributed by atoms with van der Waals surface area (Å²) < 4.78 is 47.7. The molecule has 1 spiro atoms. The van der Waals surface area contributed by atoms with Crippen LogP contribution in [-0.2, 0) is 32.7 Å². The number of hydrogen-bond acceptors (Lipinski definition) is 7. The molecule has 0 radical (unpaired) electrons. The van der Waals surface area contributed by atoms with E-state index in [1.807, 2.05) is 20.8 Å². The predicted octanol–water partition coefficient (Wildman–Crippen LogP) is 1.47. The van der Waals surface area contributed by atoms with Crippen LogP contribution in [0.25, 0.3) is 0 Å². The molecule has 10 nitrogen and oxygen atoms in total. The van der Waals surface area contributed by atoms with E-state index in [9.17, 15) is 23.1 Å². The second kappa shape index (κ2) is 7.45. The first-order valence-electron chi connectivity index (χ1n) is 11.4. The number of nitrogens with one attached hydrogen (secondary N) is 1. The summed E-state index contributed by atoms with van der Waals surface area (Å²) in [5.41, 5.74) is 0.0447. The fraction of sp³-hybridized carbons (Fsp3) is 0.636. The quantitative estimate of drug-likeness (QED) is 0.636. The van der Waals surface area contributed by atoms with Crippen molar-refractivity contribution in [1.29, 1.82) is 0 Å². The summed E-state index contributed by atoms with van der Waals surface area (Å²) in [4.78, 5) is 27.7. The molecule has 5 rings (SSSR count). The van der Waals surface area contributed by atoms with Gasteiger partial charge in [-0.25, -0.2) is 18.2 Å². The molecule has 2 amide bonds. The zero-order chi connectivity index (χ0) is 24.6. The predicted molar refractivity (Wildman–Crippen MR) is 120 cm³/mol. The molecule has 1 aromatic carbocycles. The van der Waals surface area contributed by atoms with E-state index in [0.29, 0.717) is 48.0 Å². The minimum absolute atomic E-state index is 0.0795. The standard InChI is InChI=1S/C22H29FN4O6S/c1-21(2,3)33-20(30)26-11-22(12-26)7-14(8-22)25-5-4-13-6-16(28)19(18(23)15(13)9-25)27-10-17(29)24-34(27,31)32/h6,14,28H,4-5,7-12H2,1-3H3,(H,24,29). The lowest BCUT2D eigenvalue weighted by atomic mass is 9.60. The van der Waals surface area contributed by atoms with Crippen LogP contribution in [0.3, 0.4) is 0 Å². The lowest BCUT2D eigenvalue weighted by Gasteiger charge is -2.61. The molecule has 2 saturated heterocycles. The smallest absolute Gasteiger partial charge is 0.410 e. The number of carbonyl (C=O) groups is 2. The number of hydrogen-bond donors (Lipinski definition) is 2. The van der Waals surface area contributed by atoms with E-state index >= 15 is 4.39 Å². The highest BCUT2D eigenvalue weighted by Gasteiger charge is 2.56. The van der Waals surface area contributed by atoms with E-state index in [2.05, 4.69) is 4.90 Å². The summed E-state index contributed by atoms with van der Waals surface area (Å²) in [7, 11) is -4.24. The van der Waals surface area contributed by atoms with Gasteiger partial charge in [0.2, 0.25) is 0 Å². The van der Waals surface area contributed by atoms with Crippen molar-refractivity contribution in [2.24, 2.45) is 5.41 Å². The van der Waals surface area contributed by atoms with Crippen LogP contribution in [0, 0.1) is 11.2 Å². The maximum atomic E-state index is 15.5. The number of carbonyl (C=O) groups excluding carboxylic acids is 2. The number of anilines is 1. The number of benzene rings is 1. The van der Waals surface area contributed by atoms with Crippen LogP contribution in [0.2, 0.25) is 0 Å². The zero-order valence-corrected chi connectivity index (χ0v) is 20.2. The van der Waals surface area contributed by atoms with Gasteiger partial charge in [0.05, 0.1) is 0 Å². The van der Waals surface area contributed by atoms with Gasteiger partial charge < -0.3 is 14.7 Å². The number of phenolic OH excluding ortho intramolecular Hbond substituents is 1. The van der Waals surface area contributed by atoms with E-state index in [1.165, 1.54) is 6.07 Å². The molecular weight excluding hydrogens is 467 g/mol. The van der Waals surface area contributed by atoms with Crippen molar-refractivity contribution < 1.29 is 32.2 Å². The van der Waals surface area contributed by atoms with Crippen LogP contribution in [0.4, 0.5) is 14.9 Å². The lowest BCUT2D eigenvalue weighted by molar-refractivity contribution is -0.117. The van der Waals surface area contributed by atoms with Crippen LogP contribution in [0.15, 0.2) is 6.07 Å². The maximum Gasteiger partial charge on any atom is 0.410 e. The first-order chi connectivity index (χ1) is 15.8. The van der Waals surface area contributed by atoms with Crippen LogP contribution >= 0.6 is 0 Å². The monoisotopic (exact) mass is 496 g/mol. The second-order valence-corrected chi connectivity index (χ2v) is 12.4. The average Bonchev–Trinajstić information content (AvgIpc) is 2.90. The summed E-state index contributed by atoms with van der Waals surface area (Å²) in [6, 6.07) is 1.64. The van der Waals surface area contributed by atoms with Crippen molar-refractivity contribution in [1.82, 2.24) is 14.5 Å². The Balaban J connectivity index is 1.26. The second-order valence-electron chi connectivity index (χ2n) is 10.9. The number of amides is 2. The molecular formula is C22H29FN4O6S. The van der Waals surface area contributed by atoms with E-state index in [4.69, 9.17) is 4.74 Å². The van der Waals surface area contributed by atoms with Crippen molar-refractivity contribution in [3.8, 4) is 5.75 Å². The van der Waals surface area contributed by atoms with Gasteiger partial charge in [0.25, 0.3) is 5.91 Å². The lowest BCUT2D eigenvalue weighted by Crippen LogP contribution is -2.68. The number of fused-ring (bicyclic) bond motifs is 1. The number of nitrogens with zero attached hydrogens (tertiary/aromatic N) is 3. The van der Waals surface area contributed by atoms with Crippen molar-refractivity contribution in [2.45, 2.75) is 58.2 Å². The van der Waals surface area contributed by atoms with Gasteiger partial charge in [-0.05, 0) is 51.7 Å². The molecule has 0 unspecified atom stereocenters. The Hall–Kier alpha value is -2.60. The average molecular weight is 497 g/mol. The molecule has 12 heteroatoms. The zero-order valence-electron chi connectivity index (χ0n) is 19.4. The van der Waals surface area contributed by atoms with Gasteiger partial charge in [0, 0.05) is 43.2 Å². The summed E-state index contributed by atoms with van der Waals surface area (Å²) in [6.45, 7) is 7.24. The van der Waals surface area contributed by atoms with Crippen molar-refractivity contribution in [3.63, 3.8) is 0 Å². The van der Waals surface area contributed by atoms with E-state index in [-0.39, 0.29) is 17.6 Å². The Kier molecular flexibility index (Phi) is 5.07. The highest BCUT2D eigenvalue weighted by molar-refractivity contribution is 7.92. The van der Waals surface area contributed by atoms with Gasteiger partial charge in [0.1, 0.15) is 23.6 Å². The third-order valence-corrected chi connectivity index (χ3v) is 8.45. The minimum atomic E-state index is -4.24. The minimum Gasteiger partial charge on any atom is -0.506 e. The van der Waals surface area contributed by atoms with Gasteiger partial charge in [-0.15, -0.1) is 0 Å². The highest BCUT2D eigenvalue weighted by atomic mass is 32.2. The van der Waals surface area contributed by atoms with Gasteiger partial charge in [0.15, 0.2) is 5.82 Å². The number of ether oxygens (including phenoxy) is 1. The van der Waals surface area contributed by atoms with Gasteiger partial charge in [-0.2, -0.15) is 8.42 Å². The van der Waals surface area contributed by atoms with Gasteiger partial charge in [-0.1, -0.05) is 0 Å². The maximum absolute atomic E-state index is 15.5. The van der Waals surface area contributed by atoms with Crippen molar-refractivity contribution >= 4 is 27.9 Å². The Morgan fingerprint density at radius 2 is 1.94 bits per heavy atom. The molecule has 3 aliphatic heterocycles. The van der Waals surface area contributed by atoms with Gasteiger partial charge in [-0.3, -0.25) is 9.69 Å². The van der Waals surface area contributed by atoms with E-state index in [1.54, 1.807) is 9.62 Å². The van der Waals surface area contributed by atoms with Crippen LogP contribution < -0.4 is 9.03 Å². The largest absolute Gasteiger partial charge is 0.506 e. The first-order valence-corrected chi connectivity index (χ1v) is 12.8. The molecule has 3 fully saturated rings. The topological polar surface area (TPSA) is 119 Å². The highest BCUT2D eigenvalue weighted by Crippen LogP contribution is 2.51. The number of halogens is 1. The first kappa shape index (κ1) is 23.2. The number of phenols is 1. The molecule has 0 atom stereocenters. The SMILES string of the molecule is CC(C)(C)OC(=O)N1CC2(CC(N3CCc4cc(O)c(N5CC(=O)NS5(=O)=O)c(F)c4C3)C2)C1. The van der Waals surface area contributed by atoms with Crippen LogP contribution in [-0.4, -0.2) is 73.1 Å². The normalized spacial score (nSPS) is 23.8. The summed E-state index contributed by atoms with van der Waals surface area (Å²) in [6.07, 6.45) is 2.02. The Bertz CT molecular complexity index is 1170. The molecule has 186 valence electrons. The number of aromatic hydroxyl groups is 1. The van der Waals surface area contributed by atoms with E-state index in [0.717, 1.165) is 12.8 Å². The fourth-order valence-electron chi connectivity index (χ4n) is 5.53. The fourth-order valence-corrected chi connectivity index (χ4v) is 6.69. The summed E-state index contributed by atoms with van der Waals surface area (Å²) in [5.74, 6) is -2.09. The third-order valence-electron chi connectivity index (χ3n) is 7.07. The number of likely N-dealkylation sites (tertiary alicyclic amines) is 1. The molecule has 1 saturated carbocycles. The Labute approximate surface area is 197 Å². The summed E-state index contributed by atoms with van der Waals surface area (Å²) in [5, 5.41) is 10.4. The Morgan fingerprint density at radius 3 is 2.53 bits per heavy atom. The van der Waals surface area contributed by atoms with Crippen LogP contribution in [0.1, 0.15) is 44.7 Å². The molecule has 1 aromatic rings. The summed E-state index contributed by atoms with van der Waals surface area (Å²) >= 11 is 0. The molecule has 4 aliphatic rings. The van der Waals surface area contributed by atoms with Crippen molar-refractivity contribution in [2.75, 3.05) is 30.5 Å². The molecule has 3 heterocycles. The van der Waals surface area contributed by atoms with Gasteiger partial charge >= 0.3 is 16.3 Å². The molecule has 34 heavy (non-hydrogen) atoms. The molecule has 2 N–H and O–H groups in total. The van der Waals surface area contributed by atoms with Crippen LogP contribution in [0.5, 0.6) is 5.75 Å². The van der Waals surface area contributed by atoms with E-state index < -0.39 is 45.5 Å². The number of rotatable bonds is 2. The molecule has 1 aliphatic carbocycles. The Morgan fingerprint density at radius 1 is 1.26 bits per heavy atom. The molecule has 0 aromatic heterocycles. The van der Waals surface area contributed by atoms with Crippen molar-refractivity contribution in [3.05, 3.63) is 23.0 Å².